The van der Waals surface area contributed by atoms with Crippen molar-refractivity contribution in [2.24, 2.45) is 11.7 Å². The third-order valence-electron chi connectivity index (χ3n) is 6.67. The minimum absolute atomic E-state index is 0.0466. The van der Waals surface area contributed by atoms with Crippen LogP contribution in [0.25, 0.3) is 0 Å². The summed E-state index contributed by atoms with van der Waals surface area (Å²) in [6.07, 6.45) is 3.97. The van der Waals surface area contributed by atoms with E-state index in [0.717, 1.165) is 31.5 Å². The molecule has 0 saturated carbocycles. The SMILES string of the molecule is NCCn1cc(C(=O)N2C[C@H](c3cccc(O)c3)[C@H]3[C@@H]2C2CCN3CC2)nn1. The molecule has 1 aromatic heterocycles. The molecule has 2 aromatic rings. The number of rotatable bonds is 4. The molecule has 8 nitrogen and oxygen atoms in total. The predicted octanol–water partition coefficient (Wildman–Crippen LogP) is 0.645. The van der Waals surface area contributed by atoms with E-state index in [2.05, 4.69) is 21.3 Å². The Morgan fingerprint density at radius 2 is 2.07 bits per heavy atom. The summed E-state index contributed by atoms with van der Waals surface area (Å²) in [5, 5.41) is 18.1. The number of piperidine rings is 3. The fourth-order valence-electron chi connectivity index (χ4n) is 5.49. The molecule has 28 heavy (non-hydrogen) atoms. The first-order chi connectivity index (χ1) is 13.7. The third-order valence-corrected chi connectivity index (χ3v) is 6.67. The Labute approximate surface area is 163 Å². The Morgan fingerprint density at radius 1 is 1.25 bits per heavy atom. The highest BCUT2D eigenvalue weighted by Crippen LogP contribution is 2.47. The maximum absolute atomic E-state index is 13.4. The zero-order valence-corrected chi connectivity index (χ0v) is 15.8. The standard InChI is InChI=1S/C20H26N6O2/c21-6-9-25-12-17(22-23-25)20(28)26-11-16(14-2-1-3-15(27)10-14)19-18(26)13-4-7-24(19)8-5-13/h1-3,10,12-13,16,18-19,27H,4-9,11,21H2/t16-,18+,19+/m1/s1. The molecule has 0 radical (unpaired) electrons. The number of phenolic OH excluding ortho intramolecular Hbond substituents is 1. The minimum atomic E-state index is -0.0466. The van der Waals surface area contributed by atoms with Crippen molar-refractivity contribution >= 4 is 5.91 Å². The zero-order valence-electron chi connectivity index (χ0n) is 15.8. The second-order valence-electron chi connectivity index (χ2n) is 8.17. The number of fused-ring (bicyclic) bond motifs is 2. The monoisotopic (exact) mass is 382 g/mol. The maximum atomic E-state index is 13.4. The van der Waals surface area contributed by atoms with Gasteiger partial charge < -0.3 is 15.7 Å². The normalized spacial score (nSPS) is 31.2. The van der Waals surface area contributed by atoms with Gasteiger partial charge in [-0.1, -0.05) is 17.3 Å². The summed E-state index contributed by atoms with van der Waals surface area (Å²) in [6.45, 7) is 3.84. The van der Waals surface area contributed by atoms with Gasteiger partial charge >= 0.3 is 0 Å². The molecule has 4 aliphatic rings. The van der Waals surface area contributed by atoms with Gasteiger partial charge in [0, 0.05) is 25.0 Å². The van der Waals surface area contributed by atoms with E-state index in [4.69, 9.17) is 5.73 Å². The summed E-state index contributed by atoms with van der Waals surface area (Å²) in [4.78, 5) is 17.9. The summed E-state index contributed by atoms with van der Waals surface area (Å²) in [5.41, 5.74) is 7.07. The van der Waals surface area contributed by atoms with Crippen LogP contribution in [0.2, 0.25) is 0 Å². The van der Waals surface area contributed by atoms with Gasteiger partial charge in [0.05, 0.1) is 18.8 Å². The van der Waals surface area contributed by atoms with E-state index in [-0.39, 0.29) is 23.6 Å². The van der Waals surface area contributed by atoms with Crippen molar-refractivity contribution in [3.63, 3.8) is 0 Å². The van der Waals surface area contributed by atoms with Crippen LogP contribution >= 0.6 is 0 Å². The van der Waals surface area contributed by atoms with Gasteiger partial charge in [-0.25, -0.2) is 0 Å². The molecular weight excluding hydrogens is 356 g/mol. The summed E-state index contributed by atoms with van der Waals surface area (Å²) < 4.78 is 1.63. The number of aromatic hydroxyl groups is 1. The number of hydrogen-bond acceptors (Lipinski definition) is 6. The van der Waals surface area contributed by atoms with E-state index in [1.807, 2.05) is 17.0 Å². The van der Waals surface area contributed by atoms with E-state index in [9.17, 15) is 9.90 Å². The van der Waals surface area contributed by atoms with Crippen LogP contribution in [0, 0.1) is 5.92 Å². The molecule has 3 N–H and O–H groups in total. The Bertz CT molecular complexity index is 875. The molecule has 1 aromatic carbocycles. The van der Waals surface area contributed by atoms with Crippen LogP contribution in [0.15, 0.2) is 30.5 Å². The van der Waals surface area contributed by atoms with Crippen LogP contribution in [0.3, 0.4) is 0 Å². The van der Waals surface area contributed by atoms with Crippen molar-refractivity contribution in [1.29, 1.82) is 0 Å². The van der Waals surface area contributed by atoms with Gasteiger partial charge in [0.15, 0.2) is 5.69 Å². The average Bonchev–Trinajstić information content (AvgIpc) is 3.35. The lowest BCUT2D eigenvalue weighted by atomic mass is 9.75. The quantitative estimate of drug-likeness (QED) is 0.805. The second-order valence-corrected chi connectivity index (χ2v) is 8.17. The molecule has 3 atom stereocenters. The molecular formula is C20H26N6O2. The third kappa shape index (κ3) is 2.79. The molecule has 0 spiro atoms. The molecule has 6 rings (SSSR count). The summed E-state index contributed by atoms with van der Waals surface area (Å²) in [6, 6.07) is 7.99. The lowest BCUT2D eigenvalue weighted by molar-refractivity contribution is -0.00359. The van der Waals surface area contributed by atoms with Crippen LogP contribution in [0.1, 0.15) is 34.8 Å². The second kappa shape index (κ2) is 6.86. The average molecular weight is 382 g/mol. The van der Waals surface area contributed by atoms with Gasteiger partial charge in [-0.05, 0) is 49.5 Å². The number of nitrogens with two attached hydrogens (primary N) is 1. The first-order valence-corrected chi connectivity index (χ1v) is 10.1. The minimum Gasteiger partial charge on any atom is -0.508 e. The van der Waals surface area contributed by atoms with E-state index >= 15 is 0 Å². The van der Waals surface area contributed by atoms with Crippen molar-refractivity contribution in [3.05, 3.63) is 41.7 Å². The van der Waals surface area contributed by atoms with E-state index in [1.54, 1.807) is 16.9 Å². The zero-order chi connectivity index (χ0) is 19.3. The van der Waals surface area contributed by atoms with Gasteiger partial charge in [0.25, 0.3) is 5.91 Å². The molecule has 148 valence electrons. The molecule has 0 aliphatic carbocycles. The highest BCUT2D eigenvalue weighted by Gasteiger charge is 2.55. The Morgan fingerprint density at radius 3 is 2.82 bits per heavy atom. The Hall–Kier alpha value is -2.45. The van der Waals surface area contributed by atoms with Crippen LogP contribution in [0.5, 0.6) is 5.75 Å². The van der Waals surface area contributed by atoms with Crippen molar-refractivity contribution in [2.75, 3.05) is 26.2 Å². The van der Waals surface area contributed by atoms with E-state index in [0.29, 0.717) is 37.3 Å². The summed E-state index contributed by atoms with van der Waals surface area (Å²) in [5.74, 6) is 0.956. The lowest BCUT2D eigenvalue weighted by Crippen LogP contribution is -2.60. The molecule has 5 heterocycles. The number of likely N-dealkylation sites (tertiary alicyclic amines) is 1. The van der Waals surface area contributed by atoms with Gasteiger partial charge in [-0.3, -0.25) is 14.4 Å². The fraction of sp³-hybridized carbons (Fsp3) is 0.550. The van der Waals surface area contributed by atoms with Crippen molar-refractivity contribution < 1.29 is 9.90 Å². The summed E-state index contributed by atoms with van der Waals surface area (Å²) in [7, 11) is 0. The first-order valence-electron chi connectivity index (χ1n) is 10.1. The van der Waals surface area contributed by atoms with Crippen LogP contribution in [0.4, 0.5) is 0 Å². The van der Waals surface area contributed by atoms with Crippen molar-refractivity contribution in [3.8, 4) is 5.75 Å². The van der Waals surface area contributed by atoms with Crippen LogP contribution in [-0.4, -0.2) is 74.1 Å². The molecule has 4 aliphatic heterocycles. The van der Waals surface area contributed by atoms with Crippen LogP contribution in [-0.2, 0) is 6.54 Å². The van der Waals surface area contributed by atoms with Gasteiger partial charge in [0.2, 0.25) is 0 Å². The number of phenols is 1. The number of carbonyl (C=O) groups excluding carboxylic acids is 1. The molecule has 8 heteroatoms. The predicted molar refractivity (Wildman–Crippen MR) is 103 cm³/mol. The highest BCUT2D eigenvalue weighted by atomic mass is 16.3. The van der Waals surface area contributed by atoms with Gasteiger partial charge in [0.1, 0.15) is 5.75 Å². The first kappa shape index (κ1) is 17.6. The number of aromatic nitrogens is 3. The fourth-order valence-corrected chi connectivity index (χ4v) is 5.49. The molecule has 4 fully saturated rings. The van der Waals surface area contributed by atoms with E-state index in [1.165, 1.54) is 0 Å². The Kier molecular flexibility index (Phi) is 4.32. The van der Waals surface area contributed by atoms with E-state index < -0.39 is 0 Å². The van der Waals surface area contributed by atoms with Gasteiger partial charge in [-0.15, -0.1) is 5.10 Å². The molecule has 4 saturated heterocycles. The lowest BCUT2D eigenvalue weighted by Gasteiger charge is -2.51. The van der Waals surface area contributed by atoms with Crippen LogP contribution < -0.4 is 5.73 Å². The number of hydrogen-bond donors (Lipinski definition) is 2. The largest absolute Gasteiger partial charge is 0.508 e. The van der Waals surface area contributed by atoms with Crippen molar-refractivity contribution in [2.45, 2.75) is 37.4 Å². The maximum Gasteiger partial charge on any atom is 0.276 e. The number of nitrogens with zero attached hydrogens (tertiary/aromatic N) is 5. The summed E-state index contributed by atoms with van der Waals surface area (Å²) >= 11 is 0. The van der Waals surface area contributed by atoms with Gasteiger partial charge in [-0.2, -0.15) is 0 Å². The number of benzene rings is 1. The Balaban J connectivity index is 1.48. The number of amides is 1. The molecule has 0 unspecified atom stereocenters. The number of carbonyl (C=O) groups is 1. The molecule has 1 amide bonds. The smallest absolute Gasteiger partial charge is 0.276 e. The topological polar surface area (TPSA) is 101 Å². The molecule has 2 bridgehead atoms. The highest BCUT2D eigenvalue weighted by molar-refractivity contribution is 5.92. The van der Waals surface area contributed by atoms with Crippen molar-refractivity contribution in [1.82, 2.24) is 24.8 Å².